The molecule has 0 radical (unpaired) electrons. The van der Waals surface area contributed by atoms with E-state index >= 15 is 0 Å². The van der Waals surface area contributed by atoms with Gasteiger partial charge in [-0.05, 0) is 11.6 Å². The van der Waals surface area contributed by atoms with Crippen LogP contribution in [0, 0.1) is 0 Å². The number of carbonyl (C=O) groups is 1. The van der Waals surface area contributed by atoms with Crippen molar-refractivity contribution in [3.05, 3.63) is 81.3 Å². The fourth-order valence-corrected chi connectivity index (χ4v) is 3.75. The third-order valence-corrected chi connectivity index (χ3v) is 5.37. The molecule has 0 saturated heterocycles. The van der Waals surface area contributed by atoms with Gasteiger partial charge in [0.15, 0.2) is 6.08 Å². The lowest BCUT2D eigenvalue weighted by Gasteiger charge is -2.12. The average molecular weight is 415 g/mol. The maximum atomic E-state index is 12.7. The molecule has 0 bridgehead atoms. The first-order valence-electron chi connectivity index (χ1n) is 7.78. The summed E-state index contributed by atoms with van der Waals surface area (Å²) in [6, 6.07) is 12.5. The lowest BCUT2D eigenvalue weighted by atomic mass is 10.1. The van der Waals surface area contributed by atoms with Crippen molar-refractivity contribution >= 4 is 39.1 Å². The molecule has 0 saturated carbocycles. The number of hydrogen-bond donors (Lipinski definition) is 1. The maximum absolute atomic E-state index is 12.7. The van der Waals surface area contributed by atoms with Crippen LogP contribution in [-0.2, 0) is 29.6 Å². The van der Waals surface area contributed by atoms with Crippen molar-refractivity contribution in [1.82, 2.24) is 0 Å². The predicted molar refractivity (Wildman–Crippen MR) is 96.7 cm³/mol. The molecule has 0 amide bonds. The largest absolute Gasteiger partial charge is 0.460 e. The molecule has 3 rings (SSSR count). The summed E-state index contributed by atoms with van der Waals surface area (Å²) in [5.74, 6) is -2.97. The van der Waals surface area contributed by atoms with Gasteiger partial charge in [-0.2, -0.15) is 8.42 Å². The topological polar surface area (TPSA) is 95.7 Å². The minimum atomic E-state index is -4.22. The predicted octanol–water partition coefficient (Wildman–Crippen LogP) is 3.31. The van der Waals surface area contributed by atoms with Crippen molar-refractivity contribution in [3.8, 4) is 0 Å². The fraction of sp³-hybridized carbons (Fsp3) is 0.118. The molecule has 2 aromatic rings. The van der Waals surface area contributed by atoms with E-state index in [1.165, 1.54) is 18.2 Å². The molecule has 2 N–H and O–H groups in total. The molecule has 6 nitrogen and oxygen atoms in total. The van der Waals surface area contributed by atoms with Crippen molar-refractivity contribution < 1.29 is 23.5 Å². The molecule has 1 aliphatic rings. The summed E-state index contributed by atoms with van der Waals surface area (Å²) in [7, 11) is -4.22. The van der Waals surface area contributed by atoms with Crippen LogP contribution in [0.4, 0.5) is 0 Å². The standard InChI is InChI=1S/C17H13Cl2NO5S/c18-12-8-4-7-11(13(12)19)15-14(21)16(17(20)24-15)25-26(22,23)9-10-5-2-1-3-6-10/h1-8,15H,9,20H2/t15-/m0/s1/i15D. The highest BCUT2D eigenvalue weighted by atomic mass is 35.5. The summed E-state index contributed by atoms with van der Waals surface area (Å²) in [6.45, 7) is 0. The number of ketones is 1. The summed E-state index contributed by atoms with van der Waals surface area (Å²) in [4.78, 5) is 12.7. The quantitative estimate of drug-likeness (QED) is 0.753. The van der Waals surface area contributed by atoms with E-state index in [0.29, 0.717) is 5.56 Å². The van der Waals surface area contributed by atoms with E-state index < -0.39 is 39.4 Å². The van der Waals surface area contributed by atoms with Gasteiger partial charge in [0.25, 0.3) is 0 Å². The van der Waals surface area contributed by atoms with Gasteiger partial charge in [0.1, 0.15) is 5.75 Å². The third-order valence-electron chi connectivity index (χ3n) is 3.44. The molecular weight excluding hydrogens is 401 g/mol. The van der Waals surface area contributed by atoms with E-state index in [4.69, 9.17) is 39.2 Å². The van der Waals surface area contributed by atoms with Gasteiger partial charge < -0.3 is 14.7 Å². The molecule has 1 aliphatic heterocycles. The number of nitrogens with two attached hydrogens (primary N) is 1. The Balaban J connectivity index is 1.88. The Labute approximate surface area is 161 Å². The second-order valence-electron chi connectivity index (χ2n) is 5.33. The van der Waals surface area contributed by atoms with Crippen molar-refractivity contribution in [3.63, 3.8) is 0 Å². The van der Waals surface area contributed by atoms with Gasteiger partial charge in [-0.1, -0.05) is 65.7 Å². The molecule has 9 heteroatoms. The highest BCUT2D eigenvalue weighted by Gasteiger charge is 2.40. The second-order valence-corrected chi connectivity index (χ2v) is 7.68. The molecular formula is C17H13Cl2NO5S. The van der Waals surface area contributed by atoms with Gasteiger partial charge in [0, 0.05) is 5.56 Å². The number of carbonyl (C=O) groups excluding carboxylic acids is 1. The Bertz CT molecular complexity index is 1040. The molecule has 0 spiro atoms. The van der Waals surface area contributed by atoms with Crippen LogP contribution in [0.5, 0.6) is 0 Å². The summed E-state index contributed by atoms with van der Waals surface area (Å²) in [5, 5.41) is 0.0190. The summed E-state index contributed by atoms with van der Waals surface area (Å²) in [6.07, 6.45) is -2.40. The maximum Gasteiger partial charge on any atom is 0.313 e. The molecule has 26 heavy (non-hydrogen) atoms. The van der Waals surface area contributed by atoms with Crippen LogP contribution in [0.2, 0.25) is 10.0 Å². The first-order valence-corrected chi connectivity index (χ1v) is 9.61. The Kier molecular flexibility index (Phi) is 4.76. The normalized spacial score (nSPS) is 20.7. The van der Waals surface area contributed by atoms with Crippen LogP contribution >= 0.6 is 23.2 Å². The zero-order valence-electron chi connectivity index (χ0n) is 14.1. The van der Waals surface area contributed by atoms with Crippen molar-refractivity contribution in [1.29, 1.82) is 0 Å². The minimum Gasteiger partial charge on any atom is -0.460 e. The molecule has 0 unspecified atom stereocenters. The van der Waals surface area contributed by atoms with E-state index in [2.05, 4.69) is 0 Å². The van der Waals surface area contributed by atoms with Gasteiger partial charge >= 0.3 is 10.1 Å². The Morgan fingerprint density at radius 1 is 1.15 bits per heavy atom. The Hall–Kier alpha value is -2.22. The monoisotopic (exact) mass is 414 g/mol. The second kappa shape index (κ2) is 7.19. The van der Waals surface area contributed by atoms with Gasteiger partial charge in [0.2, 0.25) is 17.4 Å². The lowest BCUT2D eigenvalue weighted by molar-refractivity contribution is -0.123. The van der Waals surface area contributed by atoms with Crippen LogP contribution in [0.15, 0.2) is 60.2 Å². The van der Waals surface area contributed by atoms with Crippen LogP contribution in [0.1, 0.15) is 18.6 Å². The zero-order valence-corrected chi connectivity index (χ0v) is 15.4. The van der Waals surface area contributed by atoms with Gasteiger partial charge in [-0.3, -0.25) is 4.79 Å². The number of benzene rings is 2. The van der Waals surface area contributed by atoms with Crippen LogP contribution in [-0.4, -0.2) is 14.2 Å². The first kappa shape index (κ1) is 17.2. The van der Waals surface area contributed by atoms with Gasteiger partial charge in [-0.25, -0.2) is 0 Å². The van der Waals surface area contributed by atoms with Gasteiger partial charge in [-0.15, -0.1) is 0 Å². The van der Waals surface area contributed by atoms with Gasteiger partial charge in [0.05, 0.1) is 11.4 Å². The first-order chi connectivity index (χ1) is 12.6. The van der Waals surface area contributed by atoms with E-state index in [1.807, 2.05) is 0 Å². The van der Waals surface area contributed by atoms with Crippen LogP contribution in [0.3, 0.4) is 0 Å². The number of ether oxygens (including phenoxy) is 1. The Morgan fingerprint density at radius 2 is 1.85 bits per heavy atom. The van der Waals surface area contributed by atoms with Crippen LogP contribution < -0.4 is 5.73 Å². The summed E-state index contributed by atoms with van der Waals surface area (Å²) >= 11 is 12.0. The zero-order chi connectivity index (χ0) is 19.8. The highest BCUT2D eigenvalue weighted by molar-refractivity contribution is 7.86. The molecule has 0 aromatic heterocycles. The average Bonchev–Trinajstić information content (AvgIpc) is 2.81. The molecule has 0 aliphatic carbocycles. The number of rotatable bonds is 5. The van der Waals surface area contributed by atoms with E-state index in [-0.39, 0.29) is 15.6 Å². The summed E-state index contributed by atoms with van der Waals surface area (Å²) in [5.41, 5.74) is 6.00. The van der Waals surface area contributed by atoms with Crippen molar-refractivity contribution in [2.45, 2.75) is 11.8 Å². The minimum absolute atomic E-state index is 0.0799. The highest BCUT2D eigenvalue weighted by Crippen LogP contribution is 2.38. The third kappa shape index (κ3) is 3.80. The van der Waals surface area contributed by atoms with E-state index in [1.54, 1.807) is 30.3 Å². The molecule has 136 valence electrons. The van der Waals surface area contributed by atoms with Crippen LogP contribution in [0.25, 0.3) is 0 Å². The molecule has 2 aromatic carbocycles. The number of hydrogen-bond acceptors (Lipinski definition) is 6. The van der Waals surface area contributed by atoms with E-state index in [0.717, 1.165) is 0 Å². The molecule has 0 fully saturated rings. The van der Waals surface area contributed by atoms with Crippen molar-refractivity contribution in [2.24, 2.45) is 5.73 Å². The fourth-order valence-electron chi connectivity index (χ4n) is 2.29. The molecule has 1 atom stereocenters. The molecule has 1 heterocycles. The summed E-state index contributed by atoms with van der Waals surface area (Å²) < 4.78 is 42.9. The van der Waals surface area contributed by atoms with E-state index in [9.17, 15) is 13.2 Å². The Morgan fingerprint density at radius 3 is 2.54 bits per heavy atom. The number of Topliss-reactive ketones (excluding diaryl/α,β-unsaturated/α-hetero) is 1. The smallest absolute Gasteiger partial charge is 0.313 e. The van der Waals surface area contributed by atoms with Crippen molar-refractivity contribution in [2.75, 3.05) is 0 Å². The lowest BCUT2D eigenvalue weighted by Crippen LogP contribution is -2.16. The number of halogens is 2. The SMILES string of the molecule is [2H][C@@]1(c2cccc(Cl)c2Cl)OC(N)=C(OS(=O)(=O)Cc2ccccc2)C1=O.